The van der Waals surface area contributed by atoms with E-state index >= 15 is 0 Å². The molecule has 0 bridgehead atoms. The summed E-state index contributed by atoms with van der Waals surface area (Å²) in [6.45, 7) is 2.18. The van der Waals surface area contributed by atoms with Crippen LogP contribution in [0.25, 0.3) is 0 Å². The Morgan fingerprint density at radius 3 is 2.89 bits per heavy atom. The van der Waals surface area contributed by atoms with E-state index in [1.54, 1.807) is 6.07 Å². The van der Waals surface area contributed by atoms with Gasteiger partial charge in [-0.2, -0.15) is 0 Å². The fourth-order valence-electron chi connectivity index (χ4n) is 2.10. The third-order valence-electron chi connectivity index (χ3n) is 3.50. The van der Waals surface area contributed by atoms with Crippen LogP contribution in [0.4, 0.5) is 0 Å². The second kappa shape index (κ2) is 5.99. The highest BCUT2D eigenvalue weighted by atomic mass is 16.5. The van der Waals surface area contributed by atoms with Gasteiger partial charge in [-0.1, -0.05) is 0 Å². The molecule has 1 aromatic heterocycles. The van der Waals surface area contributed by atoms with E-state index < -0.39 is 5.97 Å². The van der Waals surface area contributed by atoms with E-state index in [1.165, 1.54) is 12.3 Å². The summed E-state index contributed by atoms with van der Waals surface area (Å²) in [5.74, 6) is -0.897. The van der Waals surface area contributed by atoms with Crippen molar-refractivity contribution in [2.75, 3.05) is 26.4 Å². The molecule has 0 aromatic carbocycles. The molecule has 0 unspecified atom stereocenters. The molecule has 0 spiro atoms. The topological polar surface area (TPSA) is 94.7 Å². The number of carboxylic acids is 1. The van der Waals surface area contributed by atoms with Crippen LogP contribution in [-0.4, -0.2) is 42.4 Å². The van der Waals surface area contributed by atoms with Gasteiger partial charge in [0.25, 0.3) is 0 Å². The standard InChI is InChI=1S/C13H18N2O4/c14-8-13(3-6-18-7-4-13)9-19-11-10(12(16)17)2-1-5-15-11/h1-2,5H,3-4,6-9,14H2,(H,16,17). The minimum atomic E-state index is -1.04. The van der Waals surface area contributed by atoms with Crippen molar-refractivity contribution in [3.8, 4) is 5.88 Å². The molecule has 0 saturated carbocycles. The van der Waals surface area contributed by atoms with E-state index in [0.717, 1.165) is 12.8 Å². The van der Waals surface area contributed by atoms with Gasteiger partial charge >= 0.3 is 5.97 Å². The van der Waals surface area contributed by atoms with Crippen molar-refractivity contribution < 1.29 is 19.4 Å². The van der Waals surface area contributed by atoms with Crippen LogP contribution in [0.15, 0.2) is 18.3 Å². The first-order chi connectivity index (χ1) is 9.17. The first-order valence-electron chi connectivity index (χ1n) is 6.26. The van der Waals surface area contributed by atoms with Crippen molar-refractivity contribution in [1.29, 1.82) is 0 Å². The lowest BCUT2D eigenvalue weighted by Gasteiger charge is -2.35. The van der Waals surface area contributed by atoms with Gasteiger partial charge < -0.3 is 20.3 Å². The van der Waals surface area contributed by atoms with Crippen LogP contribution < -0.4 is 10.5 Å². The summed E-state index contributed by atoms with van der Waals surface area (Å²) in [6.07, 6.45) is 3.15. The quantitative estimate of drug-likeness (QED) is 0.822. The average molecular weight is 266 g/mol. The average Bonchev–Trinajstić information content (AvgIpc) is 2.46. The molecule has 0 amide bonds. The Hall–Kier alpha value is -1.66. The van der Waals surface area contributed by atoms with Gasteiger partial charge in [-0.3, -0.25) is 0 Å². The van der Waals surface area contributed by atoms with Crippen molar-refractivity contribution in [2.24, 2.45) is 11.1 Å². The molecule has 0 atom stereocenters. The Morgan fingerprint density at radius 1 is 1.53 bits per heavy atom. The van der Waals surface area contributed by atoms with Crippen molar-refractivity contribution in [3.63, 3.8) is 0 Å². The number of pyridine rings is 1. The Balaban J connectivity index is 2.07. The summed E-state index contributed by atoms with van der Waals surface area (Å²) >= 11 is 0. The van der Waals surface area contributed by atoms with Gasteiger partial charge in [0.05, 0.1) is 6.61 Å². The number of carbonyl (C=O) groups is 1. The van der Waals surface area contributed by atoms with Crippen molar-refractivity contribution >= 4 is 5.97 Å². The maximum atomic E-state index is 11.1. The van der Waals surface area contributed by atoms with Crippen molar-refractivity contribution in [1.82, 2.24) is 4.98 Å². The number of rotatable bonds is 5. The van der Waals surface area contributed by atoms with Crippen LogP contribution in [0.2, 0.25) is 0 Å². The Morgan fingerprint density at radius 2 is 2.26 bits per heavy atom. The number of nitrogens with zero attached hydrogens (tertiary/aromatic N) is 1. The Labute approximate surface area is 111 Å². The number of hydrogen-bond donors (Lipinski definition) is 2. The van der Waals surface area contributed by atoms with E-state index in [-0.39, 0.29) is 16.9 Å². The smallest absolute Gasteiger partial charge is 0.341 e. The van der Waals surface area contributed by atoms with Gasteiger partial charge in [0.15, 0.2) is 0 Å². The molecule has 1 aliphatic heterocycles. The highest BCUT2D eigenvalue weighted by molar-refractivity contribution is 5.90. The summed E-state index contributed by atoms with van der Waals surface area (Å²) in [4.78, 5) is 15.0. The first-order valence-corrected chi connectivity index (χ1v) is 6.26. The predicted molar refractivity (Wildman–Crippen MR) is 68.2 cm³/mol. The Kier molecular flexibility index (Phi) is 4.34. The van der Waals surface area contributed by atoms with Crippen LogP contribution in [0, 0.1) is 5.41 Å². The lowest BCUT2D eigenvalue weighted by Crippen LogP contribution is -2.41. The van der Waals surface area contributed by atoms with Crippen molar-refractivity contribution in [2.45, 2.75) is 12.8 Å². The molecule has 1 fully saturated rings. The van der Waals surface area contributed by atoms with Gasteiger partial charge in [-0.15, -0.1) is 0 Å². The van der Waals surface area contributed by atoms with E-state index in [1.807, 2.05) is 0 Å². The molecule has 0 aliphatic carbocycles. The fraction of sp³-hybridized carbons (Fsp3) is 0.538. The number of nitrogens with two attached hydrogens (primary N) is 1. The first kappa shape index (κ1) is 13.8. The third kappa shape index (κ3) is 3.21. The van der Waals surface area contributed by atoms with Gasteiger partial charge in [0, 0.05) is 31.4 Å². The van der Waals surface area contributed by atoms with Crippen LogP contribution in [0.5, 0.6) is 5.88 Å². The van der Waals surface area contributed by atoms with Gasteiger partial charge in [0.2, 0.25) is 5.88 Å². The van der Waals surface area contributed by atoms with E-state index in [9.17, 15) is 4.79 Å². The molecule has 1 aromatic rings. The van der Waals surface area contributed by atoms with Crippen LogP contribution in [-0.2, 0) is 4.74 Å². The minimum Gasteiger partial charge on any atom is -0.477 e. The summed E-state index contributed by atoms with van der Waals surface area (Å²) < 4.78 is 10.9. The normalized spacial score (nSPS) is 17.9. The summed E-state index contributed by atoms with van der Waals surface area (Å²) in [6, 6.07) is 3.05. The van der Waals surface area contributed by atoms with Crippen LogP contribution in [0.1, 0.15) is 23.2 Å². The predicted octanol–water partition coefficient (Wildman–Crippen LogP) is 0.914. The zero-order valence-electron chi connectivity index (χ0n) is 10.7. The second-order valence-electron chi connectivity index (χ2n) is 4.77. The maximum Gasteiger partial charge on any atom is 0.341 e. The zero-order chi connectivity index (χ0) is 13.7. The molecule has 3 N–H and O–H groups in total. The molecule has 6 nitrogen and oxygen atoms in total. The molecule has 104 valence electrons. The minimum absolute atomic E-state index is 0.0710. The largest absolute Gasteiger partial charge is 0.477 e. The van der Waals surface area contributed by atoms with E-state index in [2.05, 4.69) is 4.98 Å². The lowest BCUT2D eigenvalue weighted by molar-refractivity contribution is -0.00610. The van der Waals surface area contributed by atoms with E-state index in [0.29, 0.717) is 26.4 Å². The van der Waals surface area contributed by atoms with Gasteiger partial charge in [-0.25, -0.2) is 9.78 Å². The maximum absolute atomic E-state index is 11.1. The number of aromatic nitrogens is 1. The van der Waals surface area contributed by atoms with Gasteiger partial charge in [0.1, 0.15) is 5.56 Å². The summed E-state index contributed by atoms with van der Waals surface area (Å²) in [5.41, 5.74) is 5.75. The Bertz CT molecular complexity index is 444. The van der Waals surface area contributed by atoms with Gasteiger partial charge in [-0.05, 0) is 25.0 Å². The molecule has 0 radical (unpaired) electrons. The van der Waals surface area contributed by atoms with Crippen LogP contribution >= 0.6 is 0 Å². The molecule has 1 saturated heterocycles. The highest BCUT2D eigenvalue weighted by Gasteiger charge is 2.32. The van der Waals surface area contributed by atoms with Crippen molar-refractivity contribution in [3.05, 3.63) is 23.9 Å². The molecule has 1 aliphatic rings. The van der Waals surface area contributed by atoms with Crippen LogP contribution in [0.3, 0.4) is 0 Å². The summed E-state index contributed by atoms with van der Waals surface area (Å²) in [7, 11) is 0. The lowest BCUT2D eigenvalue weighted by atomic mass is 9.81. The molecular weight excluding hydrogens is 248 g/mol. The monoisotopic (exact) mass is 266 g/mol. The highest BCUT2D eigenvalue weighted by Crippen LogP contribution is 2.30. The SMILES string of the molecule is NCC1(COc2ncccc2C(=O)O)CCOCC1. The van der Waals surface area contributed by atoms with E-state index in [4.69, 9.17) is 20.3 Å². The summed E-state index contributed by atoms with van der Waals surface area (Å²) in [5, 5.41) is 9.06. The fourth-order valence-corrected chi connectivity index (χ4v) is 2.10. The molecule has 6 heteroatoms. The molecule has 2 rings (SSSR count). The number of carboxylic acid groups (broad SMARTS) is 1. The second-order valence-corrected chi connectivity index (χ2v) is 4.77. The zero-order valence-corrected chi connectivity index (χ0v) is 10.7. The third-order valence-corrected chi connectivity index (χ3v) is 3.50. The molecular formula is C13H18N2O4. The molecule has 19 heavy (non-hydrogen) atoms. The number of ether oxygens (including phenoxy) is 2. The number of aromatic carboxylic acids is 1. The molecule has 2 heterocycles. The number of hydrogen-bond acceptors (Lipinski definition) is 5.